The molecule has 0 bridgehead atoms. The van der Waals surface area contributed by atoms with Gasteiger partial charge in [-0.15, -0.1) is 0 Å². The average Bonchev–Trinajstić information content (AvgIpc) is 2.63. The number of nitrogens with one attached hydrogen (secondary N) is 1. The molecule has 0 aliphatic heterocycles. The minimum Gasteiger partial charge on any atom is -0.345 e. The minimum absolute atomic E-state index is 0.266. The van der Waals surface area contributed by atoms with Crippen LogP contribution in [0.2, 0.25) is 10.0 Å². The number of benzene rings is 1. The summed E-state index contributed by atoms with van der Waals surface area (Å²) >= 11 is 15.3. The third kappa shape index (κ3) is 2.71. The Hall–Kier alpha value is -0.970. The van der Waals surface area contributed by atoms with Gasteiger partial charge in [0.1, 0.15) is 5.69 Å². The molecule has 6 heteroatoms. The van der Waals surface area contributed by atoms with Crippen molar-refractivity contribution in [1.29, 1.82) is 0 Å². The van der Waals surface area contributed by atoms with Crippen molar-refractivity contribution in [2.24, 2.45) is 7.05 Å². The maximum absolute atomic E-state index is 12.1. The molecule has 2 aromatic rings. The van der Waals surface area contributed by atoms with Crippen LogP contribution >= 0.6 is 39.1 Å². The zero-order chi connectivity index (χ0) is 13.3. The Balaban J connectivity index is 2.30. The van der Waals surface area contributed by atoms with Gasteiger partial charge in [-0.3, -0.25) is 4.79 Å². The van der Waals surface area contributed by atoms with Crippen LogP contribution in [0.15, 0.2) is 34.9 Å². The molecule has 1 amide bonds. The summed E-state index contributed by atoms with van der Waals surface area (Å²) < 4.78 is 2.55. The predicted molar refractivity (Wildman–Crippen MR) is 77.5 cm³/mol. The van der Waals surface area contributed by atoms with Crippen molar-refractivity contribution in [3.8, 4) is 0 Å². The fourth-order valence-corrected chi connectivity index (χ4v) is 2.56. The molecule has 0 atom stereocenters. The summed E-state index contributed by atoms with van der Waals surface area (Å²) in [5, 5.41) is 3.52. The number of hydrogen-bond acceptors (Lipinski definition) is 1. The van der Waals surface area contributed by atoms with Crippen molar-refractivity contribution in [2.45, 2.75) is 0 Å². The van der Waals surface area contributed by atoms with E-state index in [1.165, 1.54) is 0 Å². The van der Waals surface area contributed by atoms with Gasteiger partial charge in [-0.05, 0) is 34.1 Å². The summed E-state index contributed by atoms with van der Waals surface area (Å²) in [5.41, 5.74) is 0.931. The van der Waals surface area contributed by atoms with Gasteiger partial charge in [0.15, 0.2) is 0 Å². The van der Waals surface area contributed by atoms with Gasteiger partial charge in [0.25, 0.3) is 5.91 Å². The lowest BCUT2D eigenvalue weighted by molar-refractivity contribution is 0.101. The molecule has 0 fully saturated rings. The molecule has 3 nitrogen and oxygen atoms in total. The van der Waals surface area contributed by atoms with Gasteiger partial charge in [0.2, 0.25) is 0 Å². The summed E-state index contributed by atoms with van der Waals surface area (Å²) in [6.07, 6.45) is 1.79. The zero-order valence-corrected chi connectivity index (χ0v) is 12.5. The lowest BCUT2D eigenvalue weighted by atomic mass is 10.3. The van der Waals surface area contributed by atoms with Crippen molar-refractivity contribution >= 4 is 50.7 Å². The Morgan fingerprint density at radius 2 is 1.94 bits per heavy atom. The van der Waals surface area contributed by atoms with E-state index in [1.807, 2.05) is 0 Å². The highest BCUT2D eigenvalue weighted by Crippen LogP contribution is 2.30. The van der Waals surface area contributed by atoms with Crippen molar-refractivity contribution in [3.05, 3.63) is 50.7 Å². The van der Waals surface area contributed by atoms with Crippen LogP contribution in [-0.4, -0.2) is 10.5 Å². The number of hydrogen-bond donors (Lipinski definition) is 1. The molecule has 0 aliphatic carbocycles. The van der Waals surface area contributed by atoms with Crippen molar-refractivity contribution in [1.82, 2.24) is 4.57 Å². The highest BCUT2D eigenvalue weighted by molar-refractivity contribution is 9.10. The average molecular weight is 348 g/mol. The van der Waals surface area contributed by atoms with Crippen LogP contribution in [0.4, 0.5) is 5.69 Å². The molecule has 1 aromatic carbocycles. The van der Waals surface area contributed by atoms with Crippen LogP contribution in [-0.2, 0) is 7.05 Å². The fourth-order valence-electron chi connectivity index (χ4n) is 1.54. The molecular weight excluding hydrogens is 339 g/mol. The van der Waals surface area contributed by atoms with Gasteiger partial charge >= 0.3 is 0 Å². The van der Waals surface area contributed by atoms with Crippen LogP contribution in [0.5, 0.6) is 0 Å². The lowest BCUT2D eigenvalue weighted by Crippen LogP contribution is -2.15. The third-order valence-electron chi connectivity index (χ3n) is 2.41. The van der Waals surface area contributed by atoms with Gasteiger partial charge < -0.3 is 9.88 Å². The molecule has 0 saturated carbocycles. The SMILES string of the molecule is Cn1cc(Br)cc1C(=O)Nc1c(Cl)cccc1Cl. The molecule has 94 valence electrons. The molecule has 2 rings (SSSR count). The van der Waals surface area contributed by atoms with Crippen LogP contribution in [0.25, 0.3) is 0 Å². The summed E-state index contributed by atoms with van der Waals surface area (Å²) in [7, 11) is 1.79. The zero-order valence-electron chi connectivity index (χ0n) is 9.38. The second-order valence-corrected chi connectivity index (χ2v) is 5.44. The van der Waals surface area contributed by atoms with Crippen LogP contribution in [0.1, 0.15) is 10.5 Å². The number of aromatic nitrogens is 1. The molecule has 0 spiro atoms. The molecule has 0 radical (unpaired) electrons. The van der Waals surface area contributed by atoms with E-state index in [2.05, 4.69) is 21.2 Å². The first-order valence-corrected chi connectivity index (χ1v) is 6.61. The Kier molecular flexibility index (Phi) is 4.00. The summed E-state index contributed by atoms with van der Waals surface area (Å²) in [6, 6.07) is 6.79. The second-order valence-electron chi connectivity index (χ2n) is 3.71. The first-order valence-electron chi connectivity index (χ1n) is 5.06. The number of amides is 1. The largest absolute Gasteiger partial charge is 0.345 e. The predicted octanol–water partition coefficient (Wildman–Crippen LogP) is 4.35. The Morgan fingerprint density at radius 1 is 1.33 bits per heavy atom. The number of carbonyl (C=O) groups excluding carboxylic acids is 1. The number of rotatable bonds is 2. The van der Waals surface area contributed by atoms with Gasteiger partial charge in [0, 0.05) is 17.7 Å². The Bertz CT molecular complexity index is 590. The molecule has 1 aromatic heterocycles. The topological polar surface area (TPSA) is 34.0 Å². The number of nitrogens with zero attached hydrogens (tertiary/aromatic N) is 1. The van der Waals surface area contributed by atoms with E-state index in [4.69, 9.17) is 23.2 Å². The number of aryl methyl sites for hydroxylation is 1. The van der Waals surface area contributed by atoms with E-state index >= 15 is 0 Å². The van der Waals surface area contributed by atoms with Gasteiger partial charge in [-0.25, -0.2) is 0 Å². The molecule has 1 N–H and O–H groups in total. The Labute approximate surface area is 123 Å². The molecule has 0 aliphatic rings. The smallest absolute Gasteiger partial charge is 0.272 e. The highest BCUT2D eigenvalue weighted by atomic mass is 79.9. The first kappa shape index (κ1) is 13.5. The van der Waals surface area contributed by atoms with Crippen LogP contribution in [0.3, 0.4) is 0 Å². The highest BCUT2D eigenvalue weighted by Gasteiger charge is 2.14. The van der Waals surface area contributed by atoms with E-state index < -0.39 is 0 Å². The normalized spacial score (nSPS) is 10.4. The van der Waals surface area contributed by atoms with Gasteiger partial charge in [0.05, 0.1) is 15.7 Å². The molecular formula is C12H9BrCl2N2O. The van der Waals surface area contributed by atoms with E-state index in [1.54, 1.807) is 42.1 Å². The molecule has 18 heavy (non-hydrogen) atoms. The number of carbonyl (C=O) groups is 1. The van der Waals surface area contributed by atoms with Crippen molar-refractivity contribution < 1.29 is 4.79 Å². The Morgan fingerprint density at radius 3 is 2.44 bits per heavy atom. The van der Waals surface area contributed by atoms with E-state index in [9.17, 15) is 4.79 Å². The maximum Gasteiger partial charge on any atom is 0.272 e. The monoisotopic (exact) mass is 346 g/mol. The number of halogens is 3. The number of anilines is 1. The molecule has 0 unspecified atom stereocenters. The quantitative estimate of drug-likeness (QED) is 0.861. The molecule has 0 saturated heterocycles. The van der Waals surface area contributed by atoms with E-state index in [0.717, 1.165) is 4.47 Å². The van der Waals surface area contributed by atoms with E-state index in [-0.39, 0.29) is 5.91 Å². The number of para-hydroxylation sites is 1. The standard InChI is InChI=1S/C12H9BrCl2N2O/c1-17-6-7(13)5-10(17)12(18)16-11-8(14)3-2-4-9(11)15/h2-6H,1H3,(H,16,18). The lowest BCUT2D eigenvalue weighted by Gasteiger charge is -2.09. The summed E-state index contributed by atoms with van der Waals surface area (Å²) in [5.74, 6) is -0.266. The minimum atomic E-state index is -0.266. The first-order chi connectivity index (χ1) is 8.49. The van der Waals surface area contributed by atoms with Gasteiger partial charge in [-0.1, -0.05) is 29.3 Å². The summed E-state index contributed by atoms with van der Waals surface area (Å²) in [6.45, 7) is 0. The van der Waals surface area contributed by atoms with Crippen LogP contribution in [0, 0.1) is 0 Å². The van der Waals surface area contributed by atoms with Crippen LogP contribution < -0.4 is 5.32 Å². The summed E-state index contributed by atoms with van der Waals surface area (Å²) in [4.78, 5) is 12.1. The maximum atomic E-state index is 12.1. The fraction of sp³-hybridized carbons (Fsp3) is 0.0833. The van der Waals surface area contributed by atoms with Crippen molar-refractivity contribution in [2.75, 3.05) is 5.32 Å². The van der Waals surface area contributed by atoms with Gasteiger partial charge in [-0.2, -0.15) is 0 Å². The molecule has 1 heterocycles. The second kappa shape index (κ2) is 5.34. The van der Waals surface area contributed by atoms with E-state index in [0.29, 0.717) is 21.4 Å². The van der Waals surface area contributed by atoms with Crippen molar-refractivity contribution in [3.63, 3.8) is 0 Å². The third-order valence-corrected chi connectivity index (χ3v) is 3.47.